The highest BCUT2D eigenvalue weighted by Gasteiger charge is 2.25. The molecule has 1 aromatic carbocycles. The fraction of sp³-hybridized carbons (Fsp3) is 0.308. The summed E-state index contributed by atoms with van der Waals surface area (Å²) in [6.07, 6.45) is 5.16. The highest BCUT2D eigenvalue weighted by Crippen LogP contribution is 2.25. The normalized spacial score (nSPS) is 14.5. The second kappa shape index (κ2) is 9.70. The third kappa shape index (κ3) is 4.68. The SMILES string of the molecule is [B]c1nc(NC(=O)c2ccnc(N3CCN(C(C)C)CC3)c2F)cc2cc(-c3cnn(C)c3)ccc12. The first kappa shape index (κ1) is 23.9. The van der Waals surface area contributed by atoms with Gasteiger partial charge in [0.05, 0.1) is 11.8 Å². The first-order valence-electron chi connectivity index (χ1n) is 11.9. The van der Waals surface area contributed by atoms with E-state index in [2.05, 4.69) is 39.1 Å². The fourth-order valence-corrected chi connectivity index (χ4v) is 4.56. The Balaban J connectivity index is 1.39. The van der Waals surface area contributed by atoms with Crippen LogP contribution in [0.25, 0.3) is 21.9 Å². The molecule has 10 heteroatoms. The molecule has 1 fully saturated rings. The summed E-state index contributed by atoms with van der Waals surface area (Å²) >= 11 is 0. The molecular weight excluding hydrogens is 456 g/mol. The number of rotatable bonds is 5. The first-order chi connectivity index (χ1) is 17.3. The summed E-state index contributed by atoms with van der Waals surface area (Å²) in [6.45, 7) is 7.22. The van der Waals surface area contributed by atoms with Gasteiger partial charge in [0.25, 0.3) is 5.91 Å². The van der Waals surface area contributed by atoms with Crippen LogP contribution in [0.5, 0.6) is 0 Å². The Labute approximate surface area is 210 Å². The Morgan fingerprint density at radius 2 is 1.89 bits per heavy atom. The maximum Gasteiger partial charge on any atom is 0.259 e. The standard InChI is InChI=1S/C26H27BFN7O/c1-16(2)34-8-10-35(11-9-34)25-23(28)21(6-7-29-25)26(36)32-22-13-18-12-17(19-14-30-33(3)15-19)4-5-20(18)24(27)31-22/h4-7,12-16H,8-11H2,1-3H3,(H,31,32,36). The molecule has 4 heterocycles. The Morgan fingerprint density at radius 3 is 2.58 bits per heavy atom. The van der Waals surface area contributed by atoms with Gasteiger partial charge in [-0.3, -0.25) is 14.4 Å². The third-order valence-corrected chi connectivity index (χ3v) is 6.60. The summed E-state index contributed by atoms with van der Waals surface area (Å²) in [5.74, 6) is -0.804. The highest BCUT2D eigenvalue weighted by molar-refractivity contribution is 6.37. The number of halogens is 1. The van der Waals surface area contributed by atoms with Gasteiger partial charge in [0, 0.05) is 57.2 Å². The molecule has 0 spiro atoms. The van der Waals surface area contributed by atoms with Crippen molar-refractivity contribution in [3.8, 4) is 11.1 Å². The number of hydrogen-bond acceptors (Lipinski definition) is 6. The molecule has 1 amide bonds. The maximum atomic E-state index is 15.4. The Hall–Kier alpha value is -3.79. The molecule has 1 saturated heterocycles. The molecule has 8 nitrogen and oxygen atoms in total. The van der Waals surface area contributed by atoms with Gasteiger partial charge in [0.1, 0.15) is 13.7 Å². The number of aryl methyl sites for hydroxylation is 1. The van der Waals surface area contributed by atoms with Crippen molar-refractivity contribution >= 4 is 41.8 Å². The molecule has 182 valence electrons. The number of nitrogens with one attached hydrogen (secondary N) is 1. The number of benzene rings is 1. The van der Waals surface area contributed by atoms with Gasteiger partial charge in [-0.25, -0.2) is 14.4 Å². The van der Waals surface area contributed by atoms with Gasteiger partial charge in [0.2, 0.25) is 0 Å². The van der Waals surface area contributed by atoms with Crippen LogP contribution >= 0.6 is 0 Å². The number of carbonyl (C=O) groups excluding carboxylic acids is 1. The minimum absolute atomic E-state index is 0.0872. The highest BCUT2D eigenvalue weighted by atomic mass is 19.1. The molecule has 1 aliphatic heterocycles. The van der Waals surface area contributed by atoms with Gasteiger partial charge in [-0.1, -0.05) is 12.1 Å². The van der Waals surface area contributed by atoms with Crippen LogP contribution in [0, 0.1) is 5.82 Å². The largest absolute Gasteiger partial charge is 0.352 e. The number of pyridine rings is 2. The lowest BCUT2D eigenvalue weighted by molar-refractivity contribution is 0.102. The second-order valence-electron chi connectivity index (χ2n) is 9.30. The summed E-state index contributed by atoms with van der Waals surface area (Å²) in [7, 11) is 8.03. The lowest BCUT2D eigenvalue weighted by Crippen LogP contribution is -2.49. The van der Waals surface area contributed by atoms with Gasteiger partial charge in [-0.15, -0.1) is 0 Å². The van der Waals surface area contributed by atoms with Gasteiger partial charge in [0.15, 0.2) is 11.6 Å². The van der Waals surface area contributed by atoms with E-state index in [1.165, 1.54) is 12.3 Å². The molecule has 0 unspecified atom stereocenters. The number of anilines is 2. The average molecular weight is 483 g/mol. The van der Waals surface area contributed by atoms with Gasteiger partial charge >= 0.3 is 0 Å². The average Bonchev–Trinajstić information content (AvgIpc) is 3.30. The zero-order chi connectivity index (χ0) is 25.4. The molecule has 0 aliphatic carbocycles. The molecule has 4 aromatic rings. The van der Waals surface area contributed by atoms with E-state index in [1.807, 2.05) is 36.3 Å². The summed E-state index contributed by atoms with van der Waals surface area (Å²) in [6, 6.07) is 9.34. The van der Waals surface area contributed by atoms with Crippen molar-refractivity contribution in [2.45, 2.75) is 19.9 Å². The van der Waals surface area contributed by atoms with Gasteiger partial charge < -0.3 is 10.2 Å². The zero-order valence-corrected chi connectivity index (χ0v) is 20.6. The van der Waals surface area contributed by atoms with E-state index in [1.54, 1.807) is 16.9 Å². The number of nitrogens with zero attached hydrogens (tertiary/aromatic N) is 6. The summed E-state index contributed by atoms with van der Waals surface area (Å²) in [5.41, 5.74) is 2.11. The van der Waals surface area contributed by atoms with Crippen molar-refractivity contribution in [3.63, 3.8) is 0 Å². The van der Waals surface area contributed by atoms with Gasteiger partial charge in [-0.2, -0.15) is 5.10 Å². The van der Waals surface area contributed by atoms with Crippen LogP contribution in [-0.4, -0.2) is 70.6 Å². The molecule has 1 aliphatic rings. The maximum absolute atomic E-state index is 15.4. The minimum atomic E-state index is -0.638. The van der Waals surface area contributed by atoms with Crippen molar-refractivity contribution in [2.24, 2.45) is 7.05 Å². The number of carbonyl (C=O) groups is 1. The number of fused-ring (bicyclic) bond motifs is 1. The second-order valence-corrected chi connectivity index (χ2v) is 9.30. The molecule has 1 N–H and O–H groups in total. The Morgan fingerprint density at radius 1 is 1.11 bits per heavy atom. The molecule has 0 saturated carbocycles. The van der Waals surface area contributed by atoms with E-state index in [0.717, 1.165) is 35.0 Å². The smallest absolute Gasteiger partial charge is 0.259 e. The van der Waals surface area contributed by atoms with Crippen molar-refractivity contribution < 1.29 is 9.18 Å². The molecule has 2 radical (unpaired) electrons. The monoisotopic (exact) mass is 483 g/mol. The summed E-state index contributed by atoms with van der Waals surface area (Å²) in [5, 5.41) is 8.49. The number of aromatic nitrogens is 4. The summed E-state index contributed by atoms with van der Waals surface area (Å²) < 4.78 is 17.1. The first-order valence-corrected chi connectivity index (χ1v) is 11.9. The van der Waals surface area contributed by atoms with E-state index in [-0.39, 0.29) is 22.8 Å². The predicted octanol–water partition coefficient (Wildman–Crippen LogP) is 2.75. The lowest BCUT2D eigenvalue weighted by Gasteiger charge is -2.37. The summed E-state index contributed by atoms with van der Waals surface area (Å²) in [4.78, 5) is 25.8. The van der Waals surface area contributed by atoms with Crippen molar-refractivity contribution in [1.29, 1.82) is 0 Å². The molecule has 36 heavy (non-hydrogen) atoms. The van der Waals surface area contributed by atoms with E-state index < -0.39 is 11.7 Å². The minimum Gasteiger partial charge on any atom is -0.352 e. The molecule has 3 aromatic heterocycles. The third-order valence-electron chi connectivity index (χ3n) is 6.60. The predicted molar refractivity (Wildman–Crippen MR) is 140 cm³/mol. The van der Waals surface area contributed by atoms with Gasteiger partial charge in [-0.05, 0) is 54.0 Å². The number of piperazine rings is 1. The lowest BCUT2D eigenvalue weighted by atomic mass is 9.94. The quantitative estimate of drug-likeness (QED) is 0.440. The number of hydrogen-bond donors (Lipinski definition) is 1. The Bertz CT molecular complexity index is 1430. The van der Waals surface area contributed by atoms with Crippen molar-refractivity contribution in [2.75, 3.05) is 36.4 Å². The van der Waals surface area contributed by atoms with E-state index >= 15 is 4.39 Å². The fourth-order valence-electron chi connectivity index (χ4n) is 4.56. The molecule has 5 rings (SSSR count). The number of amides is 1. The molecular formula is C26H27BFN7O. The Kier molecular flexibility index (Phi) is 6.45. The van der Waals surface area contributed by atoms with Crippen LogP contribution in [0.2, 0.25) is 0 Å². The van der Waals surface area contributed by atoms with Crippen molar-refractivity contribution in [3.05, 3.63) is 60.3 Å². The van der Waals surface area contributed by atoms with E-state index in [4.69, 9.17) is 7.85 Å². The van der Waals surface area contributed by atoms with Crippen LogP contribution in [0.1, 0.15) is 24.2 Å². The van der Waals surface area contributed by atoms with Crippen LogP contribution in [-0.2, 0) is 7.05 Å². The van der Waals surface area contributed by atoms with Crippen LogP contribution in [0.15, 0.2) is 48.9 Å². The van der Waals surface area contributed by atoms with Crippen molar-refractivity contribution in [1.82, 2.24) is 24.6 Å². The topological polar surface area (TPSA) is 79.2 Å². The zero-order valence-electron chi connectivity index (χ0n) is 20.6. The van der Waals surface area contributed by atoms with E-state index in [0.29, 0.717) is 19.1 Å². The molecule has 0 bridgehead atoms. The van der Waals surface area contributed by atoms with E-state index in [9.17, 15) is 4.79 Å². The van der Waals surface area contributed by atoms with Crippen LogP contribution in [0.3, 0.4) is 0 Å². The molecule has 0 atom stereocenters. The van der Waals surface area contributed by atoms with Crippen LogP contribution < -0.4 is 15.8 Å². The van der Waals surface area contributed by atoms with Crippen LogP contribution in [0.4, 0.5) is 16.0 Å².